The van der Waals surface area contributed by atoms with Gasteiger partial charge in [0.15, 0.2) is 11.6 Å². The highest BCUT2D eigenvalue weighted by Crippen LogP contribution is 2.50. The predicted octanol–water partition coefficient (Wildman–Crippen LogP) is 7.21. The van der Waals surface area contributed by atoms with Gasteiger partial charge in [-0.25, -0.2) is 19.2 Å². The van der Waals surface area contributed by atoms with Crippen molar-refractivity contribution in [2.75, 3.05) is 44.2 Å². The molecule has 2 N–H and O–H groups in total. The molecule has 10 nitrogen and oxygen atoms in total. The number of primary amides is 1. The van der Waals surface area contributed by atoms with E-state index in [1.54, 1.807) is 11.1 Å². The molecule has 2 amide bonds. The number of carbonyl (C=O) groups is 2. The fraction of sp³-hybridized carbons (Fsp3) is 0.538. The molecule has 1 unspecified atom stereocenters. The van der Waals surface area contributed by atoms with E-state index in [0.717, 1.165) is 70.4 Å². The second-order valence-corrected chi connectivity index (χ2v) is 14.6. The Morgan fingerprint density at radius 1 is 1.02 bits per heavy atom. The standard InChI is InChI=1S/C39H51FN6O4/c1-4-46(27(2)3)37(47)32-22-31(40)10-11-33(32)49-34-23-42-26-43-36(34)45-19-14-28(25-45)24-44-20-17-39(18-21-44)15-12-30(13-16-39)35(50-38(41)48)29-8-6-5-7-9-29/h5-11,22-23,26-28,30,35H,4,12-21,24-25H2,1-3H3,(H2,41,48)/t28?,35-/m1/s1. The van der Waals surface area contributed by atoms with Crippen molar-refractivity contribution in [3.8, 4) is 11.5 Å². The Balaban J connectivity index is 1.03. The van der Waals surface area contributed by atoms with Crippen LogP contribution in [0.5, 0.6) is 11.5 Å². The summed E-state index contributed by atoms with van der Waals surface area (Å²) in [6.07, 6.45) is 9.96. The molecule has 2 atom stereocenters. The summed E-state index contributed by atoms with van der Waals surface area (Å²) in [4.78, 5) is 40.5. The van der Waals surface area contributed by atoms with Crippen LogP contribution in [0.1, 0.15) is 87.7 Å². The maximum atomic E-state index is 14.3. The summed E-state index contributed by atoms with van der Waals surface area (Å²) in [7, 11) is 0. The van der Waals surface area contributed by atoms with Crippen molar-refractivity contribution < 1.29 is 23.5 Å². The molecule has 0 bridgehead atoms. The number of rotatable bonds is 11. The van der Waals surface area contributed by atoms with Gasteiger partial charge in [0, 0.05) is 38.1 Å². The van der Waals surface area contributed by atoms with Crippen molar-refractivity contribution in [2.45, 2.75) is 77.9 Å². The molecule has 2 aliphatic heterocycles. The molecule has 3 fully saturated rings. The molecule has 50 heavy (non-hydrogen) atoms. The largest absolute Gasteiger partial charge is 0.451 e. The van der Waals surface area contributed by atoms with Gasteiger partial charge in [-0.15, -0.1) is 0 Å². The lowest BCUT2D eigenvalue weighted by molar-refractivity contribution is 0.00271. The number of hydrogen-bond donors (Lipinski definition) is 1. The van der Waals surface area contributed by atoms with E-state index >= 15 is 0 Å². The highest BCUT2D eigenvalue weighted by Gasteiger charge is 2.41. The van der Waals surface area contributed by atoms with Crippen molar-refractivity contribution in [3.63, 3.8) is 0 Å². The zero-order valence-corrected chi connectivity index (χ0v) is 29.6. The van der Waals surface area contributed by atoms with Gasteiger partial charge in [0.2, 0.25) is 0 Å². The first-order valence-electron chi connectivity index (χ1n) is 18.2. The monoisotopic (exact) mass is 686 g/mol. The van der Waals surface area contributed by atoms with Crippen LogP contribution in [0.3, 0.4) is 0 Å². The molecule has 2 saturated heterocycles. The van der Waals surface area contributed by atoms with Crippen molar-refractivity contribution in [3.05, 3.63) is 78.0 Å². The van der Waals surface area contributed by atoms with Crippen molar-refractivity contribution in [1.82, 2.24) is 19.8 Å². The average molecular weight is 687 g/mol. The van der Waals surface area contributed by atoms with Crippen LogP contribution >= 0.6 is 0 Å². The van der Waals surface area contributed by atoms with E-state index in [1.165, 1.54) is 37.4 Å². The first-order valence-corrected chi connectivity index (χ1v) is 18.2. The third kappa shape index (κ3) is 8.20. The van der Waals surface area contributed by atoms with Gasteiger partial charge in [0.05, 0.1) is 11.8 Å². The van der Waals surface area contributed by atoms with E-state index in [1.807, 2.05) is 51.1 Å². The molecular weight excluding hydrogens is 635 g/mol. The smallest absolute Gasteiger partial charge is 0.405 e. The summed E-state index contributed by atoms with van der Waals surface area (Å²) in [5.41, 5.74) is 7.04. The number of carbonyl (C=O) groups excluding carboxylic acids is 2. The quantitative estimate of drug-likeness (QED) is 0.225. The normalized spacial score (nSPS) is 20.2. The van der Waals surface area contributed by atoms with Crippen molar-refractivity contribution in [2.24, 2.45) is 23.0 Å². The fourth-order valence-corrected chi connectivity index (χ4v) is 8.40. The minimum atomic E-state index is -0.708. The lowest BCUT2D eigenvalue weighted by Gasteiger charge is -2.47. The van der Waals surface area contributed by atoms with E-state index in [2.05, 4.69) is 19.8 Å². The number of hydrogen-bond acceptors (Lipinski definition) is 8. The van der Waals surface area contributed by atoms with Gasteiger partial charge in [0.25, 0.3) is 5.91 Å². The molecule has 1 spiro atoms. The molecule has 1 saturated carbocycles. The summed E-state index contributed by atoms with van der Waals surface area (Å²) in [5, 5.41) is 0. The van der Waals surface area contributed by atoms with Crippen molar-refractivity contribution in [1.29, 1.82) is 0 Å². The minimum Gasteiger partial charge on any atom is -0.451 e. The Labute approximate surface area is 295 Å². The van der Waals surface area contributed by atoms with Gasteiger partial charge in [-0.2, -0.15) is 0 Å². The van der Waals surface area contributed by atoms with Crippen LogP contribution in [0.25, 0.3) is 0 Å². The second kappa shape index (κ2) is 15.7. The van der Waals surface area contributed by atoms with Gasteiger partial charge < -0.3 is 29.9 Å². The molecule has 6 rings (SSSR count). The summed E-state index contributed by atoms with van der Waals surface area (Å²) >= 11 is 0. The van der Waals surface area contributed by atoms with Crippen LogP contribution in [0, 0.1) is 23.1 Å². The van der Waals surface area contributed by atoms with Gasteiger partial charge in [-0.05, 0) is 114 Å². The number of aromatic nitrogens is 2. The summed E-state index contributed by atoms with van der Waals surface area (Å²) in [6.45, 7) is 11.2. The summed E-state index contributed by atoms with van der Waals surface area (Å²) in [6, 6.07) is 14.0. The third-order valence-corrected chi connectivity index (χ3v) is 11.2. The highest BCUT2D eigenvalue weighted by molar-refractivity contribution is 5.97. The molecule has 0 radical (unpaired) electrons. The second-order valence-electron chi connectivity index (χ2n) is 14.6. The van der Waals surface area contributed by atoms with Crippen LogP contribution in [0.4, 0.5) is 15.0 Å². The number of nitrogens with zero attached hydrogens (tertiary/aromatic N) is 5. The fourth-order valence-electron chi connectivity index (χ4n) is 8.40. The maximum Gasteiger partial charge on any atom is 0.405 e. The minimum absolute atomic E-state index is 0.0384. The lowest BCUT2D eigenvalue weighted by atomic mass is 9.64. The topological polar surface area (TPSA) is 114 Å². The average Bonchev–Trinajstić information content (AvgIpc) is 3.58. The zero-order chi connectivity index (χ0) is 35.3. The van der Waals surface area contributed by atoms with E-state index in [-0.39, 0.29) is 35.3 Å². The zero-order valence-electron chi connectivity index (χ0n) is 29.6. The first-order chi connectivity index (χ1) is 24.1. The SMILES string of the molecule is CCN(C(=O)c1cc(F)ccc1Oc1cncnc1N1CCC(CN2CCC3(CCC([C@H](OC(N)=O)c4ccccc4)CC3)CC2)C1)C(C)C. The maximum absolute atomic E-state index is 14.3. The van der Waals surface area contributed by atoms with Gasteiger partial charge in [-0.1, -0.05) is 30.3 Å². The van der Waals surface area contributed by atoms with E-state index in [9.17, 15) is 14.0 Å². The van der Waals surface area contributed by atoms with Crippen LogP contribution in [0.2, 0.25) is 0 Å². The molecule has 3 aliphatic rings. The van der Waals surface area contributed by atoms with Crippen LogP contribution < -0.4 is 15.4 Å². The van der Waals surface area contributed by atoms with Gasteiger partial charge >= 0.3 is 6.09 Å². The van der Waals surface area contributed by atoms with Crippen LogP contribution in [-0.2, 0) is 4.74 Å². The first kappa shape index (κ1) is 35.6. The van der Waals surface area contributed by atoms with Crippen molar-refractivity contribution >= 4 is 17.8 Å². The number of benzene rings is 2. The van der Waals surface area contributed by atoms with E-state index in [0.29, 0.717) is 29.4 Å². The molecule has 1 aliphatic carbocycles. The molecule has 1 aromatic heterocycles. The number of amides is 2. The number of piperidine rings is 1. The predicted molar refractivity (Wildman–Crippen MR) is 191 cm³/mol. The molecule has 268 valence electrons. The number of anilines is 1. The van der Waals surface area contributed by atoms with Gasteiger partial charge in [0.1, 0.15) is 24.0 Å². The molecule has 11 heteroatoms. The summed E-state index contributed by atoms with van der Waals surface area (Å²) < 4.78 is 26.3. The Morgan fingerprint density at radius 2 is 1.76 bits per heavy atom. The van der Waals surface area contributed by atoms with Crippen LogP contribution in [-0.4, -0.2) is 77.1 Å². The Morgan fingerprint density at radius 3 is 2.44 bits per heavy atom. The van der Waals surface area contributed by atoms with E-state index in [4.69, 9.17) is 15.2 Å². The lowest BCUT2D eigenvalue weighted by Crippen LogP contribution is -2.44. The van der Waals surface area contributed by atoms with E-state index < -0.39 is 11.9 Å². The van der Waals surface area contributed by atoms with Gasteiger partial charge in [-0.3, -0.25) is 4.79 Å². The molecule has 2 aromatic carbocycles. The number of nitrogens with two attached hydrogens (primary N) is 1. The summed E-state index contributed by atoms with van der Waals surface area (Å²) in [5.74, 6) is 1.44. The number of likely N-dealkylation sites (tertiary alicyclic amines) is 1. The highest BCUT2D eigenvalue weighted by atomic mass is 19.1. The molecule has 3 aromatic rings. The Hall–Kier alpha value is -4.25. The number of halogens is 1. The number of ether oxygens (including phenoxy) is 2. The molecule has 3 heterocycles. The van der Waals surface area contributed by atoms with Crippen LogP contribution in [0.15, 0.2) is 61.1 Å². The third-order valence-electron chi connectivity index (χ3n) is 11.2. The molecular formula is C39H51FN6O4. The Bertz CT molecular complexity index is 1610. The Kier molecular flexibility index (Phi) is 11.2.